The molecular formula is C18H24N4O3. The van der Waals surface area contributed by atoms with Crippen molar-refractivity contribution in [2.24, 2.45) is 0 Å². The highest BCUT2D eigenvalue weighted by molar-refractivity contribution is 6.05. The number of morpholine rings is 1. The molecule has 1 amide bonds. The fraction of sp³-hybridized carbons (Fsp3) is 0.556. The van der Waals surface area contributed by atoms with Crippen LogP contribution in [0.2, 0.25) is 0 Å². The molecule has 0 aliphatic carbocycles. The van der Waals surface area contributed by atoms with E-state index in [0.29, 0.717) is 36.4 Å². The number of hydrogen-bond acceptors (Lipinski definition) is 5. The van der Waals surface area contributed by atoms with Crippen molar-refractivity contribution in [2.75, 3.05) is 13.2 Å². The fourth-order valence-corrected chi connectivity index (χ4v) is 3.90. The van der Waals surface area contributed by atoms with Gasteiger partial charge in [0, 0.05) is 29.6 Å². The van der Waals surface area contributed by atoms with Crippen molar-refractivity contribution in [3.8, 4) is 5.75 Å². The molecule has 0 saturated carbocycles. The summed E-state index contributed by atoms with van der Waals surface area (Å²) in [4.78, 5) is 12.9. The highest BCUT2D eigenvalue weighted by Crippen LogP contribution is 2.26. The van der Waals surface area contributed by atoms with E-state index in [-0.39, 0.29) is 23.7 Å². The van der Waals surface area contributed by atoms with Gasteiger partial charge in [-0.25, -0.2) is 0 Å². The first-order valence-electron chi connectivity index (χ1n) is 8.87. The van der Waals surface area contributed by atoms with Crippen LogP contribution >= 0.6 is 0 Å². The van der Waals surface area contributed by atoms with Crippen molar-refractivity contribution in [1.82, 2.24) is 20.4 Å². The maximum absolute atomic E-state index is 12.9. The minimum atomic E-state index is -0.180. The summed E-state index contributed by atoms with van der Waals surface area (Å²) in [5.41, 5.74) is 1.23. The van der Waals surface area contributed by atoms with Crippen LogP contribution in [0.1, 0.15) is 43.2 Å². The smallest absolute Gasteiger partial charge is 0.272 e. The van der Waals surface area contributed by atoms with Gasteiger partial charge in [-0.15, -0.1) is 0 Å². The summed E-state index contributed by atoms with van der Waals surface area (Å²) >= 11 is 0. The fourth-order valence-electron chi connectivity index (χ4n) is 3.90. The van der Waals surface area contributed by atoms with Crippen molar-refractivity contribution < 1.29 is 14.6 Å². The first-order valence-corrected chi connectivity index (χ1v) is 8.87. The van der Waals surface area contributed by atoms with E-state index < -0.39 is 0 Å². The predicted molar refractivity (Wildman–Crippen MR) is 93.8 cm³/mol. The number of hydrogen-bond donors (Lipinski definition) is 3. The van der Waals surface area contributed by atoms with Crippen LogP contribution in [0.15, 0.2) is 18.2 Å². The average molecular weight is 344 g/mol. The van der Waals surface area contributed by atoms with E-state index >= 15 is 0 Å². The first kappa shape index (κ1) is 16.4. The molecule has 3 heterocycles. The first-order chi connectivity index (χ1) is 12.0. The minimum Gasteiger partial charge on any atom is -0.508 e. The van der Waals surface area contributed by atoms with Crippen molar-refractivity contribution in [2.45, 2.75) is 50.9 Å². The highest BCUT2D eigenvalue weighted by atomic mass is 16.5. The van der Waals surface area contributed by atoms with Crippen LogP contribution in [0.5, 0.6) is 5.75 Å². The number of benzene rings is 1. The van der Waals surface area contributed by atoms with E-state index in [9.17, 15) is 9.90 Å². The van der Waals surface area contributed by atoms with E-state index in [1.165, 1.54) is 0 Å². The van der Waals surface area contributed by atoms with E-state index in [2.05, 4.69) is 15.7 Å². The van der Waals surface area contributed by atoms with Gasteiger partial charge in [0.1, 0.15) is 5.75 Å². The molecule has 2 fully saturated rings. The lowest BCUT2D eigenvalue weighted by molar-refractivity contribution is 0.0148. The topological polar surface area (TPSA) is 88.4 Å². The summed E-state index contributed by atoms with van der Waals surface area (Å²) in [6.45, 7) is 5.44. The van der Waals surface area contributed by atoms with Crippen molar-refractivity contribution >= 4 is 16.8 Å². The molecule has 2 bridgehead atoms. The van der Waals surface area contributed by atoms with E-state index in [1.54, 1.807) is 18.2 Å². The monoisotopic (exact) mass is 344 g/mol. The van der Waals surface area contributed by atoms with Crippen molar-refractivity contribution in [3.63, 3.8) is 0 Å². The zero-order valence-electron chi connectivity index (χ0n) is 14.5. The summed E-state index contributed by atoms with van der Waals surface area (Å²) in [5.74, 6) is -0.0423. The Kier molecular flexibility index (Phi) is 4.13. The Bertz CT molecular complexity index is 789. The number of phenols is 1. The number of amides is 1. The molecule has 1 aromatic carbocycles. The number of piperidine rings is 1. The number of carbonyl (C=O) groups is 1. The molecule has 2 aliphatic rings. The van der Waals surface area contributed by atoms with Gasteiger partial charge in [-0.3, -0.25) is 9.48 Å². The number of aromatic hydroxyl groups is 1. The molecule has 3 N–H and O–H groups in total. The summed E-state index contributed by atoms with van der Waals surface area (Å²) in [5, 5.41) is 21.7. The summed E-state index contributed by atoms with van der Waals surface area (Å²) in [6, 6.07) is 5.88. The van der Waals surface area contributed by atoms with Gasteiger partial charge in [0.05, 0.1) is 18.7 Å². The van der Waals surface area contributed by atoms with Gasteiger partial charge in [-0.2, -0.15) is 5.10 Å². The second kappa shape index (κ2) is 6.31. The molecule has 2 saturated heterocycles. The Balaban J connectivity index is 1.60. The second-order valence-corrected chi connectivity index (χ2v) is 7.33. The third kappa shape index (κ3) is 3.09. The Labute approximate surface area is 146 Å². The third-order valence-corrected chi connectivity index (χ3v) is 4.98. The molecule has 25 heavy (non-hydrogen) atoms. The largest absolute Gasteiger partial charge is 0.508 e. The maximum Gasteiger partial charge on any atom is 0.272 e. The average Bonchev–Trinajstić information content (AvgIpc) is 2.93. The zero-order valence-corrected chi connectivity index (χ0v) is 14.5. The molecule has 0 unspecified atom stereocenters. The molecule has 3 atom stereocenters. The van der Waals surface area contributed by atoms with Gasteiger partial charge >= 0.3 is 0 Å². The van der Waals surface area contributed by atoms with Crippen LogP contribution < -0.4 is 10.6 Å². The molecule has 4 rings (SSSR count). The Hall–Kier alpha value is -2.12. The Morgan fingerprint density at radius 3 is 2.76 bits per heavy atom. The van der Waals surface area contributed by atoms with E-state index in [0.717, 1.165) is 18.4 Å². The number of carbonyl (C=O) groups excluding carboxylic acids is 1. The van der Waals surface area contributed by atoms with Crippen LogP contribution in [0.3, 0.4) is 0 Å². The maximum atomic E-state index is 12.9. The molecule has 0 radical (unpaired) electrons. The lowest BCUT2D eigenvalue weighted by Gasteiger charge is -2.40. The van der Waals surface area contributed by atoms with Crippen LogP contribution in [0, 0.1) is 0 Å². The van der Waals surface area contributed by atoms with Gasteiger partial charge in [-0.1, -0.05) is 0 Å². The zero-order chi connectivity index (χ0) is 17.6. The van der Waals surface area contributed by atoms with Crippen LogP contribution in [-0.2, 0) is 4.74 Å². The summed E-state index contributed by atoms with van der Waals surface area (Å²) < 4.78 is 7.38. The SMILES string of the molecule is CC(C)n1nc(C(=O)N[C@H]2C[C@H]3COC[C@@H](C2)N3)c2cc(O)ccc21. The Morgan fingerprint density at radius 2 is 2.08 bits per heavy atom. The van der Waals surface area contributed by atoms with Crippen LogP contribution in [-0.4, -0.2) is 52.1 Å². The van der Waals surface area contributed by atoms with Crippen LogP contribution in [0.25, 0.3) is 10.9 Å². The number of fused-ring (bicyclic) bond motifs is 3. The van der Waals surface area contributed by atoms with Gasteiger partial charge in [0.15, 0.2) is 5.69 Å². The number of nitrogens with zero attached hydrogens (tertiary/aromatic N) is 2. The van der Waals surface area contributed by atoms with Gasteiger partial charge in [-0.05, 0) is 44.9 Å². The Morgan fingerprint density at radius 1 is 1.36 bits per heavy atom. The number of nitrogens with one attached hydrogen (secondary N) is 2. The molecule has 7 nitrogen and oxygen atoms in total. The summed E-state index contributed by atoms with van der Waals surface area (Å²) in [6.07, 6.45) is 1.71. The molecule has 0 spiro atoms. The highest BCUT2D eigenvalue weighted by Gasteiger charge is 2.33. The molecule has 7 heteroatoms. The standard InChI is InChI=1S/C18H24N4O3/c1-10(2)22-16-4-3-14(23)7-15(16)17(21-22)18(24)20-11-5-12-8-25-9-13(6-11)19-12/h3-4,7,10-13,19,23H,5-6,8-9H2,1-2H3,(H,20,24)/t11-,12-,13+. The number of aromatic nitrogens is 2. The van der Waals surface area contributed by atoms with Gasteiger partial charge in [0.25, 0.3) is 5.91 Å². The lowest BCUT2D eigenvalue weighted by atomic mass is 9.92. The van der Waals surface area contributed by atoms with E-state index in [4.69, 9.17) is 4.74 Å². The molecule has 2 aromatic rings. The number of rotatable bonds is 3. The minimum absolute atomic E-state index is 0.115. The lowest BCUT2D eigenvalue weighted by Crippen LogP contribution is -2.58. The van der Waals surface area contributed by atoms with Crippen molar-refractivity contribution in [1.29, 1.82) is 0 Å². The van der Waals surface area contributed by atoms with Gasteiger partial charge < -0.3 is 20.5 Å². The quantitative estimate of drug-likeness (QED) is 0.787. The predicted octanol–water partition coefficient (Wildman–Crippen LogP) is 1.57. The van der Waals surface area contributed by atoms with Crippen molar-refractivity contribution in [3.05, 3.63) is 23.9 Å². The molecule has 2 aliphatic heterocycles. The molecule has 134 valence electrons. The summed E-state index contributed by atoms with van der Waals surface area (Å²) in [7, 11) is 0. The second-order valence-electron chi connectivity index (χ2n) is 7.33. The van der Waals surface area contributed by atoms with Crippen LogP contribution in [0.4, 0.5) is 0 Å². The number of ether oxygens (including phenoxy) is 1. The normalized spacial score (nSPS) is 26.1. The number of phenolic OH excluding ortho intramolecular Hbond substituents is 1. The molecular weight excluding hydrogens is 320 g/mol. The van der Waals surface area contributed by atoms with Gasteiger partial charge in [0.2, 0.25) is 0 Å². The van der Waals surface area contributed by atoms with E-state index in [1.807, 2.05) is 18.5 Å². The third-order valence-electron chi connectivity index (χ3n) is 4.98. The molecule has 1 aromatic heterocycles.